The van der Waals surface area contributed by atoms with E-state index in [1.54, 1.807) is 13.3 Å². The van der Waals surface area contributed by atoms with Gasteiger partial charge in [-0.25, -0.2) is 4.39 Å². The van der Waals surface area contributed by atoms with Gasteiger partial charge in [0.05, 0.1) is 19.3 Å². The maximum atomic E-state index is 13.3. The number of benzene rings is 1. The van der Waals surface area contributed by atoms with Gasteiger partial charge >= 0.3 is 0 Å². The number of hydrogen-bond acceptors (Lipinski definition) is 3. The molecule has 0 spiro atoms. The van der Waals surface area contributed by atoms with Crippen LogP contribution in [0.4, 0.5) is 4.39 Å². The molecule has 1 heterocycles. The van der Waals surface area contributed by atoms with Crippen molar-refractivity contribution in [3.63, 3.8) is 0 Å². The van der Waals surface area contributed by atoms with E-state index >= 15 is 0 Å². The van der Waals surface area contributed by atoms with E-state index in [1.165, 1.54) is 12.3 Å². The van der Waals surface area contributed by atoms with Crippen LogP contribution in [0.15, 0.2) is 36.7 Å². The molecule has 0 aliphatic carbocycles. The smallest absolute Gasteiger partial charge is 0.141 e. The lowest BCUT2D eigenvalue weighted by Gasteiger charge is -2.20. The molecule has 2 aromatic rings. The van der Waals surface area contributed by atoms with Gasteiger partial charge in [-0.2, -0.15) is 0 Å². The van der Waals surface area contributed by atoms with Crippen molar-refractivity contribution in [1.82, 2.24) is 10.3 Å². The molecule has 4 heteroatoms. The van der Waals surface area contributed by atoms with E-state index in [9.17, 15) is 4.39 Å². The number of nitrogens with zero attached hydrogens (tertiary/aromatic N) is 1. The van der Waals surface area contributed by atoms with Gasteiger partial charge in [-0.15, -0.1) is 0 Å². The molecule has 0 amide bonds. The zero-order chi connectivity index (χ0) is 13.8. The summed E-state index contributed by atoms with van der Waals surface area (Å²) < 4.78 is 18.7. The zero-order valence-corrected chi connectivity index (χ0v) is 11.3. The first-order valence-electron chi connectivity index (χ1n) is 6.08. The van der Waals surface area contributed by atoms with Gasteiger partial charge in [-0.1, -0.05) is 12.1 Å². The first-order valence-corrected chi connectivity index (χ1v) is 6.08. The first-order chi connectivity index (χ1) is 9.15. The van der Waals surface area contributed by atoms with Gasteiger partial charge in [0, 0.05) is 11.8 Å². The Morgan fingerprint density at radius 3 is 2.68 bits per heavy atom. The summed E-state index contributed by atoms with van der Waals surface area (Å²) in [5, 5.41) is 3.17. The van der Waals surface area contributed by atoms with E-state index in [0.29, 0.717) is 0 Å². The van der Waals surface area contributed by atoms with Gasteiger partial charge in [-0.3, -0.25) is 4.98 Å². The maximum absolute atomic E-state index is 13.3. The van der Waals surface area contributed by atoms with Crippen molar-refractivity contribution < 1.29 is 9.13 Å². The number of methoxy groups -OCH3 is 1. The number of hydrogen-bond donors (Lipinski definition) is 1. The molecule has 1 aromatic carbocycles. The molecule has 100 valence electrons. The van der Waals surface area contributed by atoms with Crippen LogP contribution in [0.2, 0.25) is 0 Å². The number of aryl methyl sites for hydroxylation is 1. The highest BCUT2D eigenvalue weighted by Crippen LogP contribution is 2.30. The summed E-state index contributed by atoms with van der Waals surface area (Å²) >= 11 is 0. The van der Waals surface area contributed by atoms with Gasteiger partial charge in [0.1, 0.15) is 11.6 Å². The van der Waals surface area contributed by atoms with Crippen LogP contribution in [0, 0.1) is 12.7 Å². The van der Waals surface area contributed by atoms with Crippen molar-refractivity contribution in [1.29, 1.82) is 0 Å². The third-order valence-electron chi connectivity index (χ3n) is 3.05. The minimum absolute atomic E-state index is 0.154. The largest absolute Gasteiger partial charge is 0.496 e. The summed E-state index contributed by atoms with van der Waals surface area (Å²) in [4.78, 5) is 3.90. The molecule has 0 radical (unpaired) electrons. The van der Waals surface area contributed by atoms with Crippen LogP contribution in [-0.2, 0) is 0 Å². The lowest BCUT2D eigenvalue weighted by atomic mass is 9.98. The normalized spacial score (nSPS) is 12.2. The summed E-state index contributed by atoms with van der Waals surface area (Å²) in [5.41, 5.74) is 2.85. The second kappa shape index (κ2) is 5.80. The predicted octanol–water partition coefficient (Wildman–Crippen LogP) is 2.85. The van der Waals surface area contributed by atoms with Crippen LogP contribution >= 0.6 is 0 Å². The molecule has 19 heavy (non-hydrogen) atoms. The average Bonchev–Trinajstić information content (AvgIpc) is 2.41. The molecular weight excluding hydrogens is 243 g/mol. The van der Waals surface area contributed by atoms with E-state index < -0.39 is 0 Å². The average molecular weight is 260 g/mol. The molecule has 0 aliphatic rings. The summed E-state index contributed by atoms with van der Waals surface area (Å²) in [7, 11) is 3.46. The van der Waals surface area contributed by atoms with Crippen molar-refractivity contribution >= 4 is 0 Å². The number of rotatable bonds is 4. The molecule has 1 atom stereocenters. The third kappa shape index (κ3) is 2.90. The highest BCUT2D eigenvalue weighted by Gasteiger charge is 2.17. The third-order valence-corrected chi connectivity index (χ3v) is 3.05. The van der Waals surface area contributed by atoms with Crippen LogP contribution in [-0.4, -0.2) is 19.1 Å². The van der Waals surface area contributed by atoms with E-state index in [4.69, 9.17) is 4.74 Å². The molecule has 0 saturated carbocycles. The molecule has 0 saturated heterocycles. The Hall–Kier alpha value is -1.94. The van der Waals surface area contributed by atoms with Crippen molar-refractivity contribution in [2.24, 2.45) is 0 Å². The molecule has 1 unspecified atom stereocenters. The first kappa shape index (κ1) is 13.5. The Bertz CT molecular complexity index is 572. The number of pyridine rings is 1. The van der Waals surface area contributed by atoms with Gasteiger partial charge in [-0.05, 0) is 37.2 Å². The van der Waals surface area contributed by atoms with Crippen LogP contribution < -0.4 is 10.1 Å². The minimum atomic E-state index is -0.344. The minimum Gasteiger partial charge on any atom is -0.496 e. The van der Waals surface area contributed by atoms with Gasteiger partial charge in [0.15, 0.2) is 0 Å². The van der Waals surface area contributed by atoms with Crippen molar-refractivity contribution in [3.05, 3.63) is 59.2 Å². The van der Waals surface area contributed by atoms with Crippen molar-refractivity contribution in [3.8, 4) is 5.75 Å². The topological polar surface area (TPSA) is 34.2 Å². The second-order valence-corrected chi connectivity index (χ2v) is 4.40. The Morgan fingerprint density at radius 2 is 2.05 bits per heavy atom. The summed E-state index contributed by atoms with van der Waals surface area (Å²) in [6.45, 7) is 2.00. The number of nitrogens with one attached hydrogen (secondary N) is 1. The number of aromatic nitrogens is 1. The fraction of sp³-hybridized carbons (Fsp3) is 0.267. The standard InChI is InChI=1S/C15H17FN2O/c1-10-4-5-13(14(6-10)19-3)15(17-2)11-7-12(16)9-18-8-11/h4-9,15,17H,1-3H3. The molecule has 0 fully saturated rings. The van der Waals surface area contributed by atoms with E-state index in [1.807, 2.05) is 32.2 Å². The Morgan fingerprint density at radius 1 is 1.26 bits per heavy atom. The van der Waals surface area contributed by atoms with Gasteiger partial charge in [0.2, 0.25) is 0 Å². The van der Waals surface area contributed by atoms with Crippen LogP contribution in [0.5, 0.6) is 5.75 Å². The number of ether oxygens (including phenoxy) is 1. The summed E-state index contributed by atoms with van der Waals surface area (Å²) in [6.07, 6.45) is 2.85. The maximum Gasteiger partial charge on any atom is 0.141 e. The Balaban J connectivity index is 2.48. The fourth-order valence-electron chi connectivity index (χ4n) is 2.14. The second-order valence-electron chi connectivity index (χ2n) is 4.40. The van der Waals surface area contributed by atoms with Gasteiger partial charge < -0.3 is 10.1 Å². The van der Waals surface area contributed by atoms with Crippen LogP contribution in [0.3, 0.4) is 0 Å². The van der Waals surface area contributed by atoms with E-state index in [0.717, 1.165) is 22.4 Å². The van der Waals surface area contributed by atoms with Crippen molar-refractivity contribution in [2.75, 3.05) is 14.2 Å². The summed E-state index contributed by atoms with van der Waals surface area (Å²) in [5.74, 6) is 0.437. The predicted molar refractivity (Wildman–Crippen MR) is 72.8 cm³/mol. The van der Waals surface area contributed by atoms with Gasteiger partial charge in [0.25, 0.3) is 0 Å². The molecule has 0 bridgehead atoms. The quantitative estimate of drug-likeness (QED) is 0.918. The lowest BCUT2D eigenvalue weighted by molar-refractivity contribution is 0.405. The highest BCUT2D eigenvalue weighted by atomic mass is 19.1. The zero-order valence-electron chi connectivity index (χ0n) is 11.3. The van der Waals surface area contributed by atoms with Crippen molar-refractivity contribution in [2.45, 2.75) is 13.0 Å². The van der Waals surface area contributed by atoms with E-state index in [-0.39, 0.29) is 11.9 Å². The fourth-order valence-corrected chi connectivity index (χ4v) is 2.14. The highest BCUT2D eigenvalue weighted by molar-refractivity contribution is 5.43. The molecule has 1 N–H and O–H groups in total. The van der Waals surface area contributed by atoms with Crippen LogP contribution in [0.25, 0.3) is 0 Å². The molecule has 3 nitrogen and oxygen atoms in total. The molecule has 1 aromatic heterocycles. The molecule has 0 aliphatic heterocycles. The van der Waals surface area contributed by atoms with E-state index in [2.05, 4.69) is 10.3 Å². The Kier molecular flexibility index (Phi) is 4.12. The lowest BCUT2D eigenvalue weighted by Crippen LogP contribution is -2.19. The molecule has 2 rings (SSSR count). The van der Waals surface area contributed by atoms with Crippen LogP contribution in [0.1, 0.15) is 22.7 Å². The monoisotopic (exact) mass is 260 g/mol. The summed E-state index contributed by atoms with van der Waals surface area (Å²) in [6, 6.07) is 7.29. The molecular formula is C15H17FN2O. The number of halogens is 1. The SMILES string of the molecule is CNC(c1cncc(F)c1)c1ccc(C)cc1OC. The Labute approximate surface area is 112 Å².